The number of nitrogens with one attached hydrogen (secondary N) is 1. The minimum Gasteiger partial charge on any atom is -0.359 e. The molecule has 1 aromatic heterocycles. The van der Waals surface area contributed by atoms with Crippen molar-refractivity contribution in [3.05, 3.63) is 29.6 Å². The Kier molecular flexibility index (Phi) is 4.17. The Morgan fingerprint density at radius 2 is 2.42 bits per heavy atom. The van der Waals surface area contributed by atoms with Crippen LogP contribution in [0.15, 0.2) is 18.3 Å². The number of nitrogens with two attached hydrogens (primary N) is 1. The lowest BCUT2D eigenvalue weighted by atomic mass is 9.89. The third kappa shape index (κ3) is 2.93. The maximum Gasteiger partial charge on any atom is 0.227 e. The fraction of sp³-hybridized carbons (Fsp3) is 0.571. The van der Waals surface area contributed by atoms with Gasteiger partial charge < -0.3 is 11.1 Å². The fourth-order valence-corrected chi connectivity index (χ4v) is 2.72. The van der Waals surface area contributed by atoms with Crippen molar-refractivity contribution in [1.82, 2.24) is 15.2 Å². The number of hydrogen-bond donors (Lipinski definition) is 2. The van der Waals surface area contributed by atoms with Crippen molar-refractivity contribution < 1.29 is 4.79 Å². The van der Waals surface area contributed by atoms with Crippen molar-refractivity contribution in [3.8, 4) is 0 Å². The summed E-state index contributed by atoms with van der Waals surface area (Å²) in [5.74, 6) is 0.125. The van der Waals surface area contributed by atoms with Crippen LogP contribution in [0.3, 0.4) is 0 Å². The molecular formula is C14H22N4O. The van der Waals surface area contributed by atoms with Crippen LogP contribution in [0.1, 0.15) is 24.6 Å². The molecule has 5 heteroatoms. The number of nitrogens with zero attached hydrogens (tertiary/aromatic N) is 2. The molecule has 0 bridgehead atoms. The first-order valence-corrected chi connectivity index (χ1v) is 6.66. The van der Waals surface area contributed by atoms with E-state index in [1.54, 1.807) is 13.2 Å². The summed E-state index contributed by atoms with van der Waals surface area (Å²) in [6, 6.07) is 3.99. The average Bonchev–Trinajstić information content (AvgIpc) is 2.81. The van der Waals surface area contributed by atoms with Crippen LogP contribution in [0.2, 0.25) is 0 Å². The van der Waals surface area contributed by atoms with Crippen LogP contribution in [0.5, 0.6) is 0 Å². The number of carbonyl (C=O) groups is 1. The molecule has 1 aliphatic rings. The first kappa shape index (κ1) is 14.0. The van der Waals surface area contributed by atoms with Gasteiger partial charge >= 0.3 is 0 Å². The van der Waals surface area contributed by atoms with Crippen molar-refractivity contribution in [2.75, 3.05) is 20.1 Å². The van der Waals surface area contributed by atoms with E-state index in [-0.39, 0.29) is 11.3 Å². The van der Waals surface area contributed by atoms with Gasteiger partial charge in [0.15, 0.2) is 0 Å². The van der Waals surface area contributed by atoms with Crippen LogP contribution in [0.25, 0.3) is 0 Å². The van der Waals surface area contributed by atoms with E-state index in [9.17, 15) is 4.79 Å². The van der Waals surface area contributed by atoms with Gasteiger partial charge in [-0.1, -0.05) is 6.07 Å². The van der Waals surface area contributed by atoms with Gasteiger partial charge in [0.05, 0.1) is 11.1 Å². The number of likely N-dealkylation sites (tertiary alicyclic amines) is 1. The Labute approximate surface area is 114 Å². The third-order valence-corrected chi connectivity index (χ3v) is 3.90. The van der Waals surface area contributed by atoms with Crippen LogP contribution >= 0.6 is 0 Å². The molecule has 1 atom stereocenters. The summed E-state index contributed by atoms with van der Waals surface area (Å²) >= 11 is 0. The van der Waals surface area contributed by atoms with Gasteiger partial charge in [0.25, 0.3) is 0 Å². The number of rotatable bonds is 4. The summed E-state index contributed by atoms with van der Waals surface area (Å²) in [7, 11) is 1.70. The predicted octanol–water partition coefficient (Wildman–Crippen LogP) is 0.498. The minimum absolute atomic E-state index is 0.125. The highest BCUT2D eigenvalue weighted by molar-refractivity contribution is 5.82. The summed E-state index contributed by atoms with van der Waals surface area (Å²) in [5.41, 5.74) is 7.52. The molecule has 0 aliphatic carbocycles. The number of aromatic nitrogens is 1. The zero-order valence-electron chi connectivity index (χ0n) is 11.6. The predicted molar refractivity (Wildman–Crippen MR) is 74.2 cm³/mol. The second-order valence-electron chi connectivity index (χ2n) is 5.41. The van der Waals surface area contributed by atoms with Crippen molar-refractivity contribution in [3.63, 3.8) is 0 Å². The lowest BCUT2D eigenvalue weighted by Crippen LogP contribution is -2.39. The van der Waals surface area contributed by atoms with Gasteiger partial charge in [0.2, 0.25) is 5.91 Å². The highest BCUT2D eigenvalue weighted by Crippen LogP contribution is 2.31. The highest BCUT2D eigenvalue weighted by Gasteiger charge is 2.39. The number of carbonyl (C=O) groups excluding carboxylic acids is 1. The standard InChI is InChI=1S/C14H22N4O/c1-14(13(19)16-2)5-7-18(10-14)9-11-4-3-6-17-12(11)8-15/h3-4,6H,5,7-10,15H2,1-2H3,(H,16,19). The van der Waals surface area contributed by atoms with Crippen LogP contribution in [-0.4, -0.2) is 35.9 Å². The molecule has 104 valence electrons. The van der Waals surface area contributed by atoms with Gasteiger partial charge in [-0.25, -0.2) is 0 Å². The minimum atomic E-state index is -0.278. The molecule has 2 heterocycles. The monoisotopic (exact) mass is 262 g/mol. The molecule has 1 saturated heterocycles. The molecule has 0 spiro atoms. The third-order valence-electron chi connectivity index (χ3n) is 3.90. The Balaban J connectivity index is 2.04. The molecule has 1 fully saturated rings. The first-order valence-electron chi connectivity index (χ1n) is 6.66. The van der Waals surface area contributed by atoms with Gasteiger partial charge in [-0.2, -0.15) is 0 Å². The van der Waals surface area contributed by atoms with Crippen molar-refractivity contribution in [1.29, 1.82) is 0 Å². The molecule has 5 nitrogen and oxygen atoms in total. The van der Waals surface area contributed by atoms with E-state index < -0.39 is 0 Å². The van der Waals surface area contributed by atoms with Gasteiger partial charge in [-0.15, -0.1) is 0 Å². The Bertz CT molecular complexity index is 463. The smallest absolute Gasteiger partial charge is 0.227 e. The van der Waals surface area contributed by atoms with E-state index in [4.69, 9.17) is 5.73 Å². The topological polar surface area (TPSA) is 71.2 Å². The summed E-state index contributed by atoms with van der Waals surface area (Å²) in [5, 5.41) is 2.76. The summed E-state index contributed by atoms with van der Waals surface area (Å²) < 4.78 is 0. The van der Waals surface area contributed by atoms with Gasteiger partial charge in [-0.05, 0) is 31.5 Å². The molecule has 1 aromatic rings. The normalized spacial score (nSPS) is 23.5. The number of hydrogen-bond acceptors (Lipinski definition) is 4. The van der Waals surface area contributed by atoms with Gasteiger partial charge in [-0.3, -0.25) is 14.7 Å². The van der Waals surface area contributed by atoms with Crippen LogP contribution in [-0.2, 0) is 17.9 Å². The van der Waals surface area contributed by atoms with Crippen molar-refractivity contribution >= 4 is 5.91 Å². The largest absolute Gasteiger partial charge is 0.359 e. The average molecular weight is 262 g/mol. The molecule has 0 aromatic carbocycles. The van der Waals surface area contributed by atoms with Crippen LogP contribution in [0, 0.1) is 5.41 Å². The van der Waals surface area contributed by atoms with E-state index in [1.807, 2.05) is 13.0 Å². The second-order valence-corrected chi connectivity index (χ2v) is 5.41. The Morgan fingerprint density at radius 3 is 3.11 bits per heavy atom. The quantitative estimate of drug-likeness (QED) is 0.829. The maximum atomic E-state index is 11.9. The van der Waals surface area contributed by atoms with Gasteiger partial charge in [0, 0.05) is 32.9 Å². The molecule has 19 heavy (non-hydrogen) atoms. The summed E-state index contributed by atoms with van der Waals surface area (Å²) in [4.78, 5) is 18.5. The molecule has 1 unspecified atom stereocenters. The van der Waals surface area contributed by atoms with Crippen molar-refractivity contribution in [2.45, 2.75) is 26.4 Å². The Morgan fingerprint density at radius 1 is 1.63 bits per heavy atom. The van der Waals surface area contributed by atoms with E-state index >= 15 is 0 Å². The summed E-state index contributed by atoms with van der Waals surface area (Å²) in [6.07, 6.45) is 2.66. The maximum absolute atomic E-state index is 11.9. The summed E-state index contributed by atoms with van der Waals surface area (Å²) in [6.45, 7) is 5.01. The van der Waals surface area contributed by atoms with Gasteiger partial charge in [0.1, 0.15) is 0 Å². The SMILES string of the molecule is CNC(=O)C1(C)CCN(Cc2cccnc2CN)C1. The number of pyridine rings is 1. The molecule has 2 rings (SSSR count). The highest BCUT2D eigenvalue weighted by atomic mass is 16.2. The molecule has 0 saturated carbocycles. The van der Waals surface area contributed by atoms with Crippen LogP contribution < -0.4 is 11.1 Å². The van der Waals surface area contributed by atoms with E-state index in [1.165, 1.54) is 0 Å². The lowest BCUT2D eigenvalue weighted by Gasteiger charge is -2.23. The zero-order chi connectivity index (χ0) is 13.9. The first-order chi connectivity index (χ1) is 9.09. The van der Waals surface area contributed by atoms with Crippen molar-refractivity contribution in [2.24, 2.45) is 11.1 Å². The molecule has 0 radical (unpaired) electrons. The zero-order valence-corrected chi connectivity index (χ0v) is 11.6. The van der Waals surface area contributed by atoms with E-state index in [0.717, 1.165) is 37.3 Å². The van der Waals surface area contributed by atoms with E-state index in [0.29, 0.717) is 6.54 Å². The second kappa shape index (κ2) is 5.67. The molecule has 1 amide bonds. The van der Waals surface area contributed by atoms with E-state index in [2.05, 4.69) is 21.3 Å². The fourth-order valence-electron chi connectivity index (χ4n) is 2.72. The molecule has 1 aliphatic heterocycles. The Hall–Kier alpha value is -1.46. The number of amides is 1. The lowest BCUT2D eigenvalue weighted by molar-refractivity contribution is -0.129. The molecule has 3 N–H and O–H groups in total. The van der Waals surface area contributed by atoms with Crippen LogP contribution in [0.4, 0.5) is 0 Å². The molecular weight excluding hydrogens is 240 g/mol.